The van der Waals surface area contributed by atoms with Crippen molar-refractivity contribution in [2.45, 2.75) is 53.4 Å². The van der Waals surface area contributed by atoms with Crippen LogP contribution in [0.5, 0.6) is 0 Å². The molecule has 1 aliphatic carbocycles. The molecule has 0 saturated heterocycles. The molecule has 0 atom stereocenters. The van der Waals surface area contributed by atoms with Crippen molar-refractivity contribution in [2.75, 3.05) is 0 Å². The van der Waals surface area contributed by atoms with E-state index in [1.807, 2.05) is 6.07 Å². The standard InChI is InChI=1S/C39H37FNO/c1-23-12-14-27-28-15-17-32(40)35(25-13-16-31-29(21-25)26-10-8-9-11-30(26)39(31,5)6)37(28)42-36(27)34(23)33-20-24(18-19-41(33)7)22-38(2,3)4/h8-21H,22H2,1-7H3/q+1. The third-order valence-corrected chi connectivity index (χ3v) is 9.04. The van der Waals surface area contributed by atoms with Crippen LogP contribution in [0, 0.1) is 18.2 Å². The van der Waals surface area contributed by atoms with Gasteiger partial charge < -0.3 is 4.42 Å². The molecule has 4 aromatic carbocycles. The van der Waals surface area contributed by atoms with Gasteiger partial charge in [0.2, 0.25) is 5.69 Å². The van der Waals surface area contributed by atoms with Crippen LogP contribution in [0.25, 0.3) is 55.4 Å². The third kappa shape index (κ3) is 4.01. The van der Waals surface area contributed by atoms with E-state index in [9.17, 15) is 0 Å². The SMILES string of the molecule is Cc1ccc2c(oc3c(-c4ccc5c(c4)-c4ccccc4C5(C)C)c(F)ccc32)c1-c1cc(CC(C)(C)C)cc[n+]1C. The topological polar surface area (TPSA) is 17.0 Å². The van der Waals surface area contributed by atoms with E-state index in [1.54, 1.807) is 6.07 Å². The Morgan fingerprint density at radius 2 is 1.48 bits per heavy atom. The van der Waals surface area contributed by atoms with Crippen LogP contribution < -0.4 is 4.57 Å². The van der Waals surface area contributed by atoms with Crippen molar-refractivity contribution < 1.29 is 13.4 Å². The Morgan fingerprint density at radius 3 is 2.24 bits per heavy atom. The first-order valence-corrected chi connectivity index (χ1v) is 14.8. The monoisotopic (exact) mass is 554 g/mol. The first kappa shape index (κ1) is 26.6. The van der Waals surface area contributed by atoms with Gasteiger partial charge in [-0.3, -0.25) is 0 Å². The van der Waals surface area contributed by atoms with Crippen LogP contribution in [-0.4, -0.2) is 0 Å². The number of aryl methyl sites for hydroxylation is 2. The number of fused-ring (bicyclic) bond motifs is 6. The molecule has 0 saturated carbocycles. The molecular weight excluding hydrogens is 517 g/mol. The van der Waals surface area contributed by atoms with Gasteiger partial charge in [0.1, 0.15) is 24.0 Å². The highest BCUT2D eigenvalue weighted by molar-refractivity contribution is 6.13. The minimum absolute atomic E-state index is 0.0994. The normalized spacial score (nSPS) is 14.0. The molecule has 0 radical (unpaired) electrons. The number of hydrogen-bond acceptors (Lipinski definition) is 1. The lowest BCUT2D eigenvalue weighted by Crippen LogP contribution is -2.31. The summed E-state index contributed by atoms with van der Waals surface area (Å²) in [5.41, 5.74) is 12.3. The Morgan fingerprint density at radius 1 is 0.786 bits per heavy atom. The van der Waals surface area contributed by atoms with Gasteiger partial charge in [0.15, 0.2) is 6.20 Å². The molecule has 210 valence electrons. The van der Waals surface area contributed by atoms with Gasteiger partial charge in [0, 0.05) is 28.3 Å². The van der Waals surface area contributed by atoms with Crippen LogP contribution >= 0.6 is 0 Å². The molecule has 7 rings (SSSR count). The maximum absolute atomic E-state index is 15.8. The van der Waals surface area contributed by atoms with Crippen molar-refractivity contribution in [2.24, 2.45) is 12.5 Å². The van der Waals surface area contributed by atoms with E-state index in [1.165, 1.54) is 27.8 Å². The highest BCUT2D eigenvalue weighted by atomic mass is 19.1. The van der Waals surface area contributed by atoms with Gasteiger partial charge in [-0.1, -0.05) is 83.1 Å². The van der Waals surface area contributed by atoms with Crippen LogP contribution in [0.1, 0.15) is 56.9 Å². The van der Waals surface area contributed by atoms with Crippen molar-refractivity contribution in [3.8, 4) is 33.5 Å². The largest absolute Gasteiger partial charge is 0.454 e. The van der Waals surface area contributed by atoms with E-state index in [0.717, 1.165) is 45.2 Å². The van der Waals surface area contributed by atoms with Crippen molar-refractivity contribution in [3.05, 3.63) is 113 Å². The number of nitrogens with zero attached hydrogens (tertiary/aromatic N) is 1. The Hall–Kier alpha value is -4.24. The van der Waals surface area contributed by atoms with Crippen molar-refractivity contribution >= 4 is 21.9 Å². The molecule has 2 aromatic heterocycles. The quantitative estimate of drug-likeness (QED) is 0.199. The zero-order valence-electron chi connectivity index (χ0n) is 25.5. The van der Waals surface area contributed by atoms with Crippen LogP contribution in [-0.2, 0) is 18.9 Å². The van der Waals surface area contributed by atoms with Crippen LogP contribution in [0.15, 0.2) is 89.5 Å². The summed E-state index contributed by atoms with van der Waals surface area (Å²) in [6.45, 7) is 13.4. The molecule has 2 heterocycles. The lowest BCUT2D eigenvalue weighted by Gasteiger charge is -2.21. The van der Waals surface area contributed by atoms with E-state index in [2.05, 4.69) is 126 Å². The maximum Gasteiger partial charge on any atom is 0.216 e. The Bertz CT molecular complexity index is 2050. The summed E-state index contributed by atoms with van der Waals surface area (Å²) in [6.07, 6.45) is 3.11. The molecule has 42 heavy (non-hydrogen) atoms. The number of pyridine rings is 1. The maximum atomic E-state index is 15.8. The van der Waals surface area contributed by atoms with Crippen molar-refractivity contribution in [3.63, 3.8) is 0 Å². The van der Waals surface area contributed by atoms with Crippen LogP contribution in [0.3, 0.4) is 0 Å². The lowest BCUT2D eigenvalue weighted by molar-refractivity contribution is -0.660. The van der Waals surface area contributed by atoms with Crippen molar-refractivity contribution in [1.82, 2.24) is 0 Å². The zero-order chi connectivity index (χ0) is 29.6. The summed E-state index contributed by atoms with van der Waals surface area (Å²) in [5.74, 6) is -0.275. The fraction of sp³-hybridized carbons (Fsp3) is 0.256. The van der Waals surface area contributed by atoms with E-state index in [-0.39, 0.29) is 16.6 Å². The summed E-state index contributed by atoms with van der Waals surface area (Å²) < 4.78 is 24.8. The van der Waals surface area contributed by atoms with E-state index >= 15 is 4.39 Å². The number of hydrogen-bond donors (Lipinski definition) is 0. The Labute approximate surface area is 247 Å². The minimum atomic E-state index is -0.275. The summed E-state index contributed by atoms with van der Waals surface area (Å²) in [6, 6.07) is 27.1. The first-order valence-electron chi connectivity index (χ1n) is 14.8. The molecule has 2 nitrogen and oxygen atoms in total. The second-order valence-electron chi connectivity index (χ2n) is 13.7. The molecule has 0 aliphatic heterocycles. The molecule has 6 aromatic rings. The van der Waals surface area contributed by atoms with E-state index < -0.39 is 0 Å². The smallest absolute Gasteiger partial charge is 0.216 e. The fourth-order valence-electron chi connectivity index (χ4n) is 7.03. The third-order valence-electron chi connectivity index (χ3n) is 9.04. The average molecular weight is 555 g/mol. The van der Waals surface area contributed by atoms with Gasteiger partial charge in [0.25, 0.3) is 0 Å². The number of rotatable bonds is 3. The fourth-order valence-corrected chi connectivity index (χ4v) is 7.03. The zero-order valence-corrected chi connectivity index (χ0v) is 25.5. The highest BCUT2D eigenvalue weighted by Gasteiger charge is 2.35. The highest BCUT2D eigenvalue weighted by Crippen LogP contribution is 2.50. The van der Waals surface area contributed by atoms with Crippen LogP contribution in [0.2, 0.25) is 0 Å². The summed E-state index contributed by atoms with van der Waals surface area (Å²) in [5, 5.41) is 1.93. The number of benzene rings is 4. The van der Waals surface area contributed by atoms with Crippen LogP contribution in [0.4, 0.5) is 4.39 Å². The Kier molecular flexibility index (Phi) is 5.79. The van der Waals surface area contributed by atoms with E-state index in [4.69, 9.17) is 4.42 Å². The molecule has 0 N–H and O–H groups in total. The number of furan rings is 1. The molecular formula is C39H37FNO+. The summed E-state index contributed by atoms with van der Waals surface area (Å²) in [7, 11) is 2.08. The average Bonchev–Trinajstić information content (AvgIpc) is 3.41. The van der Waals surface area contributed by atoms with Gasteiger partial charge in [-0.2, -0.15) is 0 Å². The lowest BCUT2D eigenvalue weighted by atomic mass is 9.82. The first-order chi connectivity index (χ1) is 19.9. The number of halogens is 1. The van der Waals surface area contributed by atoms with Gasteiger partial charge in [0.05, 0.1) is 11.1 Å². The molecule has 0 amide bonds. The summed E-state index contributed by atoms with van der Waals surface area (Å²) in [4.78, 5) is 0. The molecule has 0 bridgehead atoms. The molecule has 0 spiro atoms. The summed E-state index contributed by atoms with van der Waals surface area (Å²) >= 11 is 0. The molecule has 0 fully saturated rings. The number of aromatic nitrogens is 1. The van der Waals surface area contributed by atoms with Gasteiger partial charge in [-0.25, -0.2) is 8.96 Å². The predicted molar refractivity (Wildman–Crippen MR) is 171 cm³/mol. The molecule has 3 heteroatoms. The van der Waals surface area contributed by atoms with E-state index in [0.29, 0.717) is 11.1 Å². The Balaban J connectivity index is 1.46. The van der Waals surface area contributed by atoms with Gasteiger partial charge in [-0.05, 0) is 75.9 Å². The van der Waals surface area contributed by atoms with Gasteiger partial charge in [-0.15, -0.1) is 0 Å². The van der Waals surface area contributed by atoms with Gasteiger partial charge >= 0.3 is 0 Å². The predicted octanol–water partition coefficient (Wildman–Crippen LogP) is 10.1. The molecule has 1 aliphatic rings. The second kappa shape index (κ2) is 9.13. The second-order valence-corrected chi connectivity index (χ2v) is 13.7. The molecule has 0 unspecified atom stereocenters. The van der Waals surface area contributed by atoms with Crippen molar-refractivity contribution in [1.29, 1.82) is 0 Å². The minimum Gasteiger partial charge on any atom is -0.454 e.